The second kappa shape index (κ2) is 6.54. The molecule has 23 heavy (non-hydrogen) atoms. The predicted octanol–water partition coefficient (Wildman–Crippen LogP) is 3.63. The van der Waals surface area contributed by atoms with Gasteiger partial charge in [-0.25, -0.2) is 0 Å². The molecular weight excluding hydrogens is 292 g/mol. The Morgan fingerprint density at radius 3 is 1.70 bits per heavy atom. The molecule has 0 radical (unpaired) electrons. The predicted molar refractivity (Wildman–Crippen MR) is 85.9 cm³/mol. The third-order valence-electron chi connectivity index (χ3n) is 5.50. The van der Waals surface area contributed by atoms with Gasteiger partial charge in [0.15, 0.2) is 11.6 Å². The summed E-state index contributed by atoms with van der Waals surface area (Å²) < 4.78 is 23.1. The quantitative estimate of drug-likeness (QED) is 0.692. The van der Waals surface area contributed by atoms with E-state index in [0.29, 0.717) is 0 Å². The largest absolute Gasteiger partial charge is 0.348 e. The molecule has 126 valence electrons. The fourth-order valence-corrected chi connectivity index (χ4v) is 4.04. The van der Waals surface area contributed by atoms with Gasteiger partial charge < -0.3 is 18.9 Å². The van der Waals surface area contributed by atoms with Crippen molar-refractivity contribution in [2.75, 3.05) is 26.4 Å². The Morgan fingerprint density at radius 1 is 0.696 bits per heavy atom. The van der Waals surface area contributed by atoms with Crippen molar-refractivity contribution in [3.8, 4) is 0 Å². The van der Waals surface area contributed by atoms with Crippen molar-refractivity contribution in [3.05, 3.63) is 29.0 Å². The minimum atomic E-state index is -0.275. The van der Waals surface area contributed by atoms with Crippen LogP contribution in [-0.4, -0.2) is 38.0 Å². The molecule has 2 heterocycles. The Balaban J connectivity index is 1.31. The van der Waals surface area contributed by atoms with Crippen molar-refractivity contribution >= 4 is 0 Å². The van der Waals surface area contributed by atoms with Crippen molar-refractivity contribution in [3.63, 3.8) is 0 Å². The first-order chi connectivity index (χ1) is 11.3. The standard InChI is InChI=1S/C19H26O4/c1(2-16-4-8-18(9-5-16)20-12-13-21-18)3-17-6-10-19(11-7-17)22-14-15-23-19/h1-2H,4-15H2. The second-order valence-corrected chi connectivity index (χ2v) is 6.95. The number of ether oxygens (including phenoxy) is 4. The summed E-state index contributed by atoms with van der Waals surface area (Å²) in [6, 6.07) is 0. The maximum absolute atomic E-state index is 5.77. The molecule has 2 saturated heterocycles. The van der Waals surface area contributed by atoms with Crippen LogP contribution in [-0.2, 0) is 18.9 Å². The lowest BCUT2D eigenvalue weighted by atomic mass is 9.89. The monoisotopic (exact) mass is 318 g/mol. The van der Waals surface area contributed by atoms with E-state index in [1.54, 1.807) is 0 Å². The Morgan fingerprint density at radius 2 is 1.17 bits per heavy atom. The Hall–Kier alpha value is -0.900. The van der Waals surface area contributed by atoms with E-state index in [9.17, 15) is 0 Å². The van der Waals surface area contributed by atoms with Gasteiger partial charge in [-0.3, -0.25) is 0 Å². The minimum Gasteiger partial charge on any atom is -0.348 e. The highest BCUT2D eigenvalue weighted by Crippen LogP contribution is 2.39. The Kier molecular flexibility index (Phi) is 4.44. The lowest BCUT2D eigenvalue weighted by Gasteiger charge is -2.32. The summed E-state index contributed by atoms with van der Waals surface area (Å²) in [5.41, 5.74) is 6.35. The van der Waals surface area contributed by atoms with Crippen molar-refractivity contribution in [1.82, 2.24) is 0 Å². The lowest BCUT2D eigenvalue weighted by Crippen LogP contribution is -2.33. The van der Waals surface area contributed by atoms with Crippen LogP contribution in [0.1, 0.15) is 51.4 Å². The highest BCUT2D eigenvalue weighted by atomic mass is 16.7. The minimum absolute atomic E-state index is 0.265. The molecule has 4 aliphatic rings. The fourth-order valence-electron chi connectivity index (χ4n) is 4.04. The summed E-state index contributed by atoms with van der Waals surface area (Å²) in [4.78, 5) is 0. The van der Waals surface area contributed by atoms with E-state index in [1.165, 1.54) is 11.1 Å². The van der Waals surface area contributed by atoms with Gasteiger partial charge in [-0.05, 0) is 37.3 Å². The molecule has 0 bridgehead atoms. The zero-order chi connectivity index (χ0) is 15.6. The molecule has 0 atom stereocenters. The lowest BCUT2D eigenvalue weighted by molar-refractivity contribution is -0.171. The first-order valence-corrected chi connectivity index (χ1v) is 8.96. The van der Waals surface area contributed by atoms with Crippen molar-refractivity contribution < 1.29 is 18.9 Å². The maximum atomic E-state index is 5.77. The molecule has 4 nitrogen and oxygen atoms in total. The summed E-state index contributed by atoms with van der Waals surface area (Å²) in [6.07, 6.45) is 12.5. The second-order valence-electron chi connectivity index (χ2n) is 6.95. The zero-order valence-electron chi connectivity index (χ0n) is 13.8. The van der Waals surface area contributed by atoms with Gasteiger partial charge in [0.25, 0.3) is 0 Å². The maximum Gasteiger partial charge on any atom is 0.169 e. The van der Waals surface area contributed by atoms with E-state index in [0.717, 1.165) is 77.8 Å². The molecule has 4 rings (SSSR count). The van der Waals surface area contributed by atoms with Gasteiger partial charge in [-0.2, -0.15) is 0 Å². The topological polar surface area (TPSA) is 36.9 Å². The van der Waals surface area contributed by atoms with Crippen LogP contribution in [0.5, 0.6) is 0 Å². The molecule has 2 spiro atoms. The van der Waals surface area contributed by atoms with Gasteiger partial charge in [-0.15, -0.1) is 5.73 Å². The van der Waals surface area contributed by atoms with Crippen LogP contribution in [0.15, 0.2) is 29.0 Å². The summed E-state index contributed by atoms with van der Waals surface area (Å²) in [5, 5.41) is 0. The number of allylic oxidation sites excluding steroid dienone is 3. The molecule has 4 fully saturated rings. The highest BCUT2D eigenvalue weighted by Gasteiger charge is 2.39. The van der Waals surface area contributed by atoms with Gasteiger partial charge in [0.1, 0.15) is 0 Å². The van der Waals surface area contributed by atoms with Gasteiger partial charge in [0.2, 0.25) is 0 Å². The normalized spacial score (nSPS) is 29.0. The third-order valence-corrected chi connectivity index (χ3v) is 5.50. The van der Waals surface area contributed by atoms with Crippen LogP contribution in [0, 0.1) is 0 Å². The average Bonchev–Trinajstić information content (AvgIpc) is 3.22. The molecule has 0 amide bonds. The highest BCUT2D eigenvalue weighted by molar-refractivity contribution is 5.18. The van der Waals surface area contributed by atoms with Crippen molar-refractivity contribution in [2.24, 2.45) is 0 Å². The summed E-state index contributed by atoms with van der Waals surface area (Å²) in [5.74, 6) is -0.541. The van der Waals surface area contributed by atoms with Gasteiger partial charge in [0.05, 0.1) is 26.4 Å². The molecule has 0 N–H and O–H groups in total. The smallest absolute Gasteiger partial charge is 0.169 e. The number of hydrogen-bond acceptors (Lipinski definition) is 4. The van der Waals surface area contributed by atoms with Crippen LogP contribution >= 0.6 is 0 Å². The van der Waals surface area contributed by atoms with E-state index in [1.807, 2.05) is 0 Å². The van der Waals surface area contributed by atoms with Crippen molar-refractivity contribution in [1.29, 1.82) is 0 Å². The Bertz CT molecular complexity index is 506. The summed E-state index contributed by atoms with van der Waals surface area (Å²) in [7, 11) is 0. The first-order valence-electron chi connectivity index (χ1n) is 8.96. The summed E-state index contributed by atoms with van der Waals surface area (Å²) >= 11 is 0. The van der Waals surface area contributed by atoms with Crippen LogP contribution in [0.25, 0.3) is 0 Å². The van der Waals surface area contributed by atoms with E-state index >= 15 is 0 Å². The molecular formula is C19H26O4. The SMILES string of the molecule is C(=CC=C1CCC2(CC1)OCCO2)=C1CCC2(CC1)OCCO2. The molecule has 2 saturated carbocycles. The van der Waals surface area contributed by atoms with Gasteiger partial charge in [-0.1, -0.05) is 11.6 Å². The van der Waals surface area contributed by atoms with E-state index in [4.69, 9.17) is 18.9 Å². The van der Waals surface area contributed by atoms with E-state index < -0.39 is 0 Å². The summed E-state index contributed by atoms with van der Waals surface area (Å²) in [6.45, 7) is 2.99. The first kappa shape index (κ1) is 15.6. The number of hydrogen-bond donors (Lipinski definition) is 0. The molecule has 2 aliphatic carbocycles. The molecule has 0 unspecified atom stereocenters. The third kappa shape index (κ3) is 3.47. The van der Waals surface area contributed by atoms with Crippen LogP contribution in [0.3, 0.4) is 0 Å². The van der Waals surface area contributed by atoms with Crippen LogP contribution < -0.4 is 0 Å². The zero-order valence-corrected chi connectivity index (χ0v) is 13.8. The van der Waals surface area contributed by atoms with Crippen molar-refractivity contribution in [2.45, 2.75) is 62.9 Å². The molecule has 0 aromatic rings. The van der Waals surface area contributed by atoms with E-state index in [-0.39, 0.29) is 11.6 Å². The van der Waals surface area contributed by atoms with Crippen LogP contribution in [0.4, 0.5) is 0 Å². The van der Waals surface area contributed by atoms with Gasteiger partial charge >= 0.3 is 0 Å². The average molecular weight is 318 g/mol. The molecule has 0 aromatic heterocycles. The van der Waals surface area contributed by atoms with Crippen LogP contribution in [0.2, 0.25) is 0 Å². The number of rotatable bonds is 1. The fraction of sp³-hybridized carbons (Fsp3) is 0.737. The van der Waals surface area contributed by atoms with E-state index in [2.05, 4.69) is 17.9 Å². The van der Waals surface area contributed by atoms with Gasteiger partial charge in [0, 0.05) is 25.7 Å². The molecule has 0 aromatic carbocycles. The molecule has 2 aliphatic heterocycles. The molecule has 4 heteroatoms. The Labute approximate surface area is 138 Å².